The van der Waals surface area contributed by atoms with E-state index in [0.29, 0.717) is 0 Å². The second-order valence-electron chi connectivity index (χ2n) is 5.35. The maximum atomic E-state index is 2.72. The van der Waals surface area contributed by atoms with Crippen LogP contribution < -0.4 is 0 Å². The van der Waals surface area contributed by atoms with Gasteiger partial charge < -0.3 is 0 Å². The molecule has 1 rings (SSSR count). The number of rotatable bonds is 3. The minimum atomic E-state index is -1.67. The molecule has 0 aromatic rings. The van der Waals surface area contributed by atoms with E-state index in [9.17, 15) is 0 Å². The Balaban J connectivity index is 2.62. The van der Waals surface area contributed by atoms with Gasteiger partial charge >= 0.3 is 88.5 Å². The first-order chi connectivity index (χ1) is 6.11. The second-order valence-corrected chi connectivity index (χ2v) is 21.6. The van der Waals surface area contributed by atoms with Gasteiger partial charge in [0.15, 0.2) is 0 Å². The summed E-state index contributed by atoms with van der Waals surface area (Å²) < 4.78 is 3.84. The zero-order valence-electron chi connectivity index (χ0n) is 9.90. The fraction of sp³-hybridized carbons (Fsp3) is 1.00. The van der Waals surface area contributed by atoms with E-state index in [-0.39, 0.29) is 0 Å². The van der Waals surface area contributed by atoms with Crippen molar-refractivity contribution < 1.29 is 0 Å². The van der Waals surface area contributed by atoms with Crippen molar-refractivity contribution in [2.24, 2.45) is 0 Å². The van der Waals surface area contributed by atoms with Gasteiger partial charge in [0.25, 0.3) is 0 Å². The molecule has 0 bridgehead atoms. The first-order valence-electron chi connectivity index (χ1n) is 6.11. The molecule has 0 amide bonds. The Kier molecular flexibility index (Phi) is 4.60. The van der Waals surface area contributed by atoms with E-state index in [0.717, 1.165) is 3.93 Å². The van der Waals surface area contributed by atoms with Gasteiger partial charge in [-0.25, -0.2) is 0 Å². The van der Waals surface area contributed by atoms with Gasteiger partial charge in [-0.2, -0.15) is 0 Å². The van der Waals surface area contributed by atoms with E-state index in [1.807, 2.05) is 0 Å². The summed E-state index contributed by atoms with van der Waals surface area (Å²) in [7, 11) is 0. The molecule has 1 aliphatic carbocycles. The molecule has 0 nitrogen and oxygen atoms in total. The molecular weight excluding hydrogens is 263 g/mol. The van der Waals surface area contributed by atoms with Crippen molar-refractivity contribution in [3.63, 3.8) is 0 Å². The van der Waals surface area contributed by atoms with Crippen LogP contribution >= 0.6 is 0 Å². The quantitative estimate of drug-likeness (QED) is 0.653. The van der Waals surface area contributed by atoms with Crippen molar-refractivity contribution in [2.45, 2.75) is 70.1 Å². The molecule has 78 valence electrons. The van der Waals surface area contributed by atoms with Gasteiger partial charge in [0, 0.05) is 0 Å². The van der Waals surface area contributed by atoms with E-state index in [2.05, 4.69) is 25.7 Å². The fourth-order valence-electron chi connectivity index (χ4n) is 2.93. The average Bonchev–Trinajstić information content (AvgIpc) is 2.17. The van der Waals surface area contributed by atoms with Gasteiger partial charge in [0.05, 0.1) is 0 Å². The van der Waals surface area contributed by atoms with Crippen molar-refractivity contribution in [3.05, 3.63) is 0 Å². The van der Waals surface area contributed by atoms with E-state index in [4.69, 9.17) is 0 Å². The standard InChI is InChI=1S/C6H11.C3H7.C2H5.CH3.Sn/c1-2-4-6-5-3-1;1-3-2;1-2;;/h1H,2-6H2;3H,1-2H3;1H2,2H3;1H3;. The predicted octanol–water partition coefficient (Wildman–Crippen LogP) is 4.83. The third-order valence-corrected chi connectivity index (χ3v) is 23.5. The SMILES string of the molecule is C[CH2][Sn]([CH3])([CH](C)C)[CH]1CCCCC1. The van der Waals surface area contributed by atoms with Crippen molar-refractivity contribution >= 4 is 18.4 Å². The van der Waals surface area contributed by atoms with Crippen molar-refractivity contribution in [3.8, 4) is 0 Å². The van der Waals surface area contributed by atoms with Crippen LogP contribution in [-0.4, -0.2) is 18.4 Å². The van der Waals surface area contributed by atoms with Crippen molar-refractivity contribution in [1.82, 2.24) is 0 Å². The van der Waals surface area contributed by atoms with Crippen LogP contribution in [0.15, 0.2) is 0 Å². The molecule has 1 atom stereocenters. The molecule has 0 spiro atoms. The molecule has 1 fully saturated rings. The monoisotopic (exact) mass is 290 g/mol. The van der Waals surface area contributed by atoms with Crippen molar-refractivity contribution in [1.29, 1.82) is 0 Å². The van der Waals surface area contributed by atoms with Crippen LogP contribution in [0.5, 0.6) is 0 Å². The van der Waals surface area contributed by atoms with E-state index in [1.54, 1.807) is 17.3 Å². The van der Waals surface area contributed by atoms with Gasteiger partial charge in [-0.15, -0.1) is 0 Å². The number of hydrogen-bond donors (Lipinski definition) is 0. The van der Waals surface area contributed by atoms with Gasteiger partial charge in [0.2, 0.25) is 0 Å². The summed E-state index contributed by atoms with van der Waals surface area (Å²) in [5.74, 6) is 0. The Morgan fingerprint density at radius 1 is 1.15 bits per heavy atom. The van der Waals surface area contributed by atoms with Crippen LogP contribution in [0.4, 0.5) is 0 Å². The molecule has 0 heterocycles. The summed E-state index contributed by atoms with van der Waals surface area (Å²) in [5.41, 5.74) is 0. The molecule has 0 aromatic heterocycles. The van der Waals surface area contributed by atoms with E-state index < -0.39 is 18.4 Å². The summed E-state index contributed by atoms with van der Waals surface area (Å²) in [6, 6.07) is 0. The third-order valence-electron chi connectivity index (χ3n) is 4.62. The molecule has 0 radical (unpaired) electrons. The molecule has 0 aliphatic heterocycles. The summed E-state index contributed by atoms with van der Waals surface area (Å²) in [6.07, 6.45) is 7.74. The van der Waals surface area contributed by atoms with Crippen LogP contribution in [0.3, 0.4) is 0 Å². The Labute approximate surface area is 88.4 Å². The maximum absolute atomic E-state index is 2.72. The van der Waals surface area contributed by atoms with Gasteiger partial charge in [-0.3, -0.25) is 0 Å². The molecule has 0 aromatic carbocycles. The molecule has 1 aliphatic rings. The van der Waals surface area contributed by atoms with E-state index in [1.165, 1.54) is 23.2 Å². The number of hydrogen-bond acceptors (Lipinski definition) is 0. The Morgan fingerprint density at radius 2 is 1.69 bits per heavy atom. The molecule has 1 heteroatoms. The van der Waals surface area contributed by atoms with Crippen molar-refractivity contribution in [2.75, 3.05) is 0 Å². The zero-order chi connectivity index (χ0) is 9.90. The van der Waals surface area contributed by atoms with Gasteiger partial charge in [-0.05, 0) is 0 Å². The molecule has 1 unspecified atom stereocenters. The summed E-state index contributed by atoms with van der Waals surface area (Å²) >= 11 is -1.67. The van der Waals surface area contributed by atoms with Crippen LogP contribution in [0, 0.1) is 0 Å². The zero-order valence-corrected chi connectivity index (χ0v) is 12.8. The fourth-order valence-corrected chi connectivity index (χ4v) is 14.5. The first-order valence-corrected chi connectivity index (χ1v) is 14.3. The molecule has 1 saturated carbocycles. The normalized spacial score (nSPS) is 24.7. The minimum absolute atomic E-state index is 1.06. The average molecular weight is 289 g/mol. The van der Waals surface area contributed by atoms with Crippen LogP contribution in [0.2, 0.25) is 17.2 Å². The van der Waals surface area contributed by atoms with Crippen LogP contribution in [0.1, 0.15) is 52.9 Å². The topological polar surface area (TPSA) is 0 Å². The molecular formula is C12H26Sn. The van der Waals surface area contributed by atoms with Crippen LogP contribution in [-0.2, 0) is 0 Å². The Morgan fingerprint density at radius 3 is 2.08 bits per heavy atom. The second kappa shape index (κ2) is 5.04. The summed E-state index contributed by atoms with van der Waals surface area (Å²) in [4.78, 5) is 2.72. The predicted molar refractivity (Wildman–Crippen MR) is 64.0 cm³/mol. The summed E-state index contributed by atoms with van der Waals surface area (Å²) in [6.45, 7) is 7.45. The van der Waals surface area contributed by atoms with Gasteiger partial charge in [0.1, 0.15) is 0 Å². The summed E-state index contributed by atoms with van der Waals surface area (Å²) in [5, 5.41) is 0. The molecule has 0 N–H and O–H groups in total. The van der Waals surface area contributed by atoms with Crippen LogP contribution in [0.25, 0.3) is 0 Å². The van der Waals surface area contributed by atoms with Gasteiger partial charge in [-0.1, -0.05) is 0 Å². The first kappa shape index (κ1) is 11.9. The Bertz CT molecular complexity index is 147. The molecule has 0 saturated heterocycles. The van der Waals surface area contributed by atoms with E-state index >= 15 is 0 Å². The third kappa shape index (κ3) is 2.64. The Hall–Kier alpha value is 0.799. The molecule has 13 heavy (non-hydrogen) atoms.